The molecule has 3 heterocycles. The van der Waals surface area contributed by atoms with Crippen molar-refractivity contribution in [2.45, 2.75) is 10.8 Å². The van der Waals surface area contributed by atoms with Gasteiger partial charge in [-0.25, -0.2) is 14.8 Å². The Morgan fingerprint density at radius 3 is 2.85 bits per heavy atom. The Balaban J connectivity index is 1.58. The molecule has 0 amide bonds. The number of methoxy groups -OCH3 is 1. The Bertz CT molecular complexity index is 1060. The molecule has 3 aromatic heterocycles. The molecule has 7 heteroatoms. The number of rotatable bonds is 5. The van der Waals surface area contributed by atoms with Crippen molar-refractivity contribution in [3.8, 4) is 10.4 Å². The van der Waals surface area contributed by atoms with E-state index in [0.29, 0.717) is 11.5 Å². The fourth-order valence-corrected chi connectivity index (χ4v) is 4.43. The van der Waals surface area contributed by atoms with Crippen LogP contribution in [0.4, 0.5) is 0 Å². The molecule has 0 N–H and O–H groups in total. The van der Waals surface area contributed by atoms with Gasteiger partial charge in [-0.3, -0.25) is 0 Å². The smallest absolute Gasteiger partial charge is 0.373 e. The molecule has 4 aromatic rings. The van der Waals surface area contributed by atoms with Crippen LogP contribution in [0.3, 0.4) is 0 Å². The number of hydrogen-bond acceptors (Lipinski definition) is 7. The highest BCUT2D eigenvalue weighted by molar-refractivity contribution is 7.98. The molecule has 1 aromatic carbocycles. The molecule has 0 fully saturated rings. The van der Waals surface area contributed by atoms with E-state index in [1.165, 1.54) is 12.7 Å². The second-order valence-corrected chi connectivity index (χ2v) is 7.42. The number of hydrogen-bond donors (Lipinski definition) is 0. The quantitative estimate of drug-likeness (QED) is 0.274. The minimum absolute atomic E-state index is 0.206. The molecular formula is C19H14N2O3S2. The molecule has 0 spiro atoms. The Morgan fingerprint density at radius 1 is 1.19 bits per heavy atom. The number of thiophene rings is 1. The number of fused-ring (bicyclic) bond motifs is 1. The first-order valence-electron chi connectivity index (χ1n) is 7.84. The summed E-state index contributed by atoms with van der Waals surface area (Å²) in [4.78, 5) is 22.4. The third-order valence-electron chi connectivity index (χ3n) is 3.75. The molecular weight excluding hydrogens is 368 g/mol. The van der Waals surface area contributed by atoms with E-state index in [1.807, 2.05) is 18.2 Å². The number of aromatic nitrogens is 2. The van der Waals surface area contributed by atoms with Gasteiger partial charge in [0.15, 0.2) is 0 Å². The first-order chi connectivity index (χ1) is 12.7. The van der Waals surface area contributed by atoms with Crippen LogP contribution < -0.4 is 0 Å². The molecule has 26 heavy (non-hydrogen) atoms. The van der Waals surface area contributed by atoms with Gasteiger partial charge >= 0.3 is 5.97 Å². The lowest BCUT2D eigenvalue weighted by Crippen LogP contribution is -1.98. The van der Waals surface area contributed by atoms with Crippen LogP contribution >= 0.6 is 23.1 Å². The summed E-state index contributed by atoms with van der Waals surface area (Å²) >= 11 is 3.20. The van der Waals surface area contributed by atoms with Gasteiger partial charge in [0, 0.05) is 10.3 Å². The third-order valence-corrected chi connectivity index (χ3v) is 5.87. The van der Waals surface area contributed by atoms with Crippen molar-refractivity contribution in [1.29, 1.82) is 0 Å². The van der Waals surface area contributed by atoms with Gasteiger partial charge in [0.2, 0.25) is 5.76 Å². The molecule has 0 aliphatic rings. The summed E-state index contributed by atoms with van der Waals surface area (Å²) in [6.07, 6.45) is 1.58. The van der Waals surface area contributed by atoms with Crippen LogP contribution in [0, 0.1) is 0 Å². The summed E-state index contributed by atoms with van der Waals surface area (Å²) in [5, 5.41) is 1.92. The topological polar surface area (TPSA) is 65.2 Å². The maximum Gasteiger partial charge on any atom is 0.373 e. The number of benzene rings is 1. The van der Waals surface area contributed by atoms with E-state index in [-0.39, 0.29) is 5.76 Å². The zero-order chi connectivity index (χ0) is 17.9. The number of ether oxygens (including phenoxy) is 1. The van der Waals surface area contributed by atoms with Gasteiger partial charge in [0.25, 0.3) is 0 Å². The summed E-state index contributed by atoms with van der Waals surface area (Å²) in [5.41, 5.74) is 1.17. The van der Waals surface area contributed by atoms with Crippen LogP contribution in [0.15, 0.2) is 64.3 Å². The number of furan rings is 1. The number of carbonyl (C=O) groups excluding carboxylic acids is 1. The molecule has 130 valence electrons. The maximum absolute atomic E-state index is 11.5. The average Bonchev–Trinajstić information content (AvgIpc) is 3.33. The predicted molar refractivity (Wildman–Crippen MR) is 102 cm³/mol. The second kappa shape index (κ2) is 7.31. The zero-order valence-corrected chi connectivity index (χ0v) is 15.5. The third kappa shape index (κ3) is 3.36. The van der Waals surface area contributed by atoms with Gasteiger partial charge in [-0.1, -0.05) is 42.1 Å². The molecule has 0 bridgehead atoms. The molecule has 0 aliphatic carbocycles. The van der Waals surface area contributed by atoms with E-state index in [4.69, 9.17) is 4.42 Å². The van der Waals surface area contributed by atoms with Crippen molar-refractivity contribution in [3.63, 3.8) is 0 Å². The molecule has 0 saturated carbocycles. The lowest BCUT2D eigenvalue weighted by molar-refractivity contribution is 0.0563. The van der Waals surface area contributed by atoms with E-state index in [2.05, 4.69) is 32.9 Å². The fourth-order valence-electron chi connectivity index (χ4n) is 2.50. The number of thioether (sulfide) groups is 1. The molecule has 4 rings (SSSR count). The summed E-state index contributed by atoms with van der Waals surface area (Å²) in [6, 6.07) is 15.7. The normalized spacial score (nSPS) is 11.0. The molecule has 0 radical (unpaired) electrons. The summed E-state index contributed by atoms with van der Waals surface area (Å²) < 4.78 is 10.2. The minimum atomic E-state index is -0.476. The van der Waals surface area contributed by atoms with Gasteiger partial charge in [0.05, 0.1) is 12.9 Å². The number of carbonyl (C=O) groups is 1. The lowest BCUT2D eigenvalue weighted by Gasteiger charge is -2.00. The zero-order valence-electron chi connectivity index (χ0n) is 13.8. The van der Waals surface area contributed by atoms with Gasteiger partial charge in [-0.05, 0) is 23.8 Å². The highest BCUT2D eigenvalue weighted by Crippen LogP contribution is 2.36. The highest BCUT2D eigenvalue weighted by Gasteiger charge is 2.14. The fraction of sp³-hybridized carbons (Fsp3) is 0.105. The van der Waals surface area contributed by atoms with Crippen molar-refractivity contribution in [1.82, 2.24) is 9.97 Å². The minimum Gasteiger partial charge on any atom is -0.463 e. The molecule has 0 saturated heterocycles. The Kier molecular flexibility index (Phi) is 4.73. The lowest BCUT2D eigenvalue weighted by atomic mass is 10.2. The van der Waals surface area contributed by atoms with Crippen molar-refractivity contribution < 1.29 is 13.9 Å². The second-order valence-electron chi connectivity index (χ2n) is 5.42. The van der Waals surface area contributed by atoms with E-state index in [1.54, 1.807) is 41.6 Å². The summed E-state index contributed by atoms with van der Waals surface area (Å²) in [6.45, 7) is 0. The van der Waals surface area contributed by atoms with Crippen LogP contribution in [0.5, 0.6) is 0 Å². The predicted octanol–water partition coefficient (Wildman–Crippen LogP) is 5.03. The van der Waals surface area contributed by atoms with Crippen LogP contribution in [0.25, 0.3) is 20.7 Å². The van der Waals surface area contributed by atoms with Crippen molar-refractivity contribution >= 4 is 39.3 Å². The van der Waals surface area contributed by atoms with Gasteiger partial charge in [-0.15, -0.1) is 11.3 Å². The van der Waals surface area contributed by atoms with Crippen LogP contribution in [0.1, 0.15) is 16.3 Å². The van der Waals surface area contributed by atoms with E-state index in [0.717, 1.165) is 20.1 Å². The Morgan fingerprint density at radius 2 is 2.04 bits per heavy atom. The standard InChI is InChI=1S/C19H14N2O3S2/c1-23-19(22)15-8-7-13(24-15)10-25-17-14-9-16(12-5-3-2-4-6-12)26-18(14)21-11-20-17/h2-9,11H,10H2,1H3. The SMILES string of the molecule is COC(=O)c1ccc(CSc2ncnc3sc(-c4ccccc4)cc23)o1. The van der Waals surface area contributed by atoms with Crippen LogP contribution in [-0.4, -0.2) is 23.0 Å². The Labute approximate surface area is 158 Å². The maximum atomic E-state index is 11.5. The van der Waals surface area contributed by atoms with Crippen molar-refractivity contribution in [3.05, 3.63) is 66.4 Å². The number of esters is 1. The average molecular weight is 382 g/mol. The first-order valence-corrected chi connectivity index (χ1v) is 9.64. The monoisotopic (exact) mass is 382 g/mol. The molecule has 0 atom stereocenters. The van der Waals surface area contributed by atoms with Gasteiger partial charge in [0.1, 0.15) is 21.9 Å². The van der Waals surface area contributed by atoms with E-state index < -0.39 is 5.97 Å². The Hall–Kier alpha value is -2.64. The van der Waals surface area contributed by atoms with Crippen LogP contribution in [0.2, 0.25) is 0 Å². The van der Waals surface area contributed by atoms with E-state index in [9.17, 15) is 4.79 Å². The molecule has 5 nitrogen and oxygen atoms in total. The van der Waals surface area contributed by atoms with Gasteiger partial charge in [-0.2, -0.15) is 0 Å². The molecule has 0 aliphatic heterocycles. The highest BCUT2D eigenvalue weighted by atomic mass is 32.2. The van der Waals surface area contributed by atoms with Crippen molar-refractivity contribution in [2.75, 3.05) is 7.11 Å². The van der Waals surface area contributed by atoms with Crippen LogP contribution in [-0.2, 0) is 10.5 Å². The van der Waals surface area contributed by atoms with E-state index >= 15 is 0 Å². The van der Waals surface area contributed by atoms with Crippen molar-refractivity contribution in [2.24, 2.45) is 0 Å². The number of nitrogens with zero attached hydrogens (tertiary/aromatic N) is 2. The largest absolute Gasteiger partial charge is 0.463 e. The summed E-state index contributed by atoms with van der Waals surface area (Å²) in [5.74, 6) is 0.995. The van der Waals surface area contributed by atoms with Gasteiger partial charge < -0.3 is 9.15 Å². The summed E-state index contributed by atoms with van der Waals surface area (Å²) in [7, 11) is 1.33. The first kappa shape index (κ1) is 16.8. The molecule has 0 unspecified atom stereocenters.